The van der Waals surface area contributed by atoms with Gasteiger partial charge in [0.05, 0.1) is 0 Å². The monoisotopic (exact) mass is 110 g/mol. The van der Waals surface area contributed by atoms with Crippen LogP contribution in [0.25, 0.3) is 0 Å². The quantitative estimate of drug-likeness (QED) is 0.424. The van der Waals surface area contributed by atoms with E-state index in [0.717, 1.165) is 5.41 Å². The molecule has 0 aromatic carbocycles. The first kappa shape index (κ1) is 4.80. The lowest BCUT2D eigenvalue weighted by Gasteiger charge is -2.59. The Morgan fingerprint density at radius 1 is 1.25 bits per heavy atom. The molecule has 0 amide bonds. The van der Waals surface area contributed by atoms with E-state index in [9.17, 15) is 0 Å². The molecule has 1 aliphatic carbocycles. The van der Waals surface area contributed by atoms with Crippen LogP contribution in [0.15, 0.2) is 0 Å². The average Bonchev–Trinajstić information content (AvgIpc) is 1.51. The van der Waals surface area contributed by atoms with Crippen molar-refractivity contribution < 1.29 is 0 Å². The standard InChI is InChI=1S/C7H12N/c1-8-5-7(6-8)3-2-4-7/h1-6H2/q-1. The second kappa shape index (κ2) is 1.27. The number of rotatable bonds is 0. The number of nitrogens with zero attached hydrogens (tertiary/aromatic N) is 1. The van der Waals surface area contributed by atoms with Crippen LogP contribution in [0.3, 0.4) is 0 Å². The van der Waals surface area contributed by atoms with Gasteiger partial charge in [0.25, 0.3) is 0 Å². The minimum atomic E-state index is 0.780. The Kier molecular flexibility index (Phi) is 0.762. The predicted molar refractivity (Wildman–Crippen MR) is 33.2 cm³/mol. The molecule has 1 heterocycles. The van der Waals surface area contributed by atoms with Crippen molar-refractivity contribution in [3.05, 3.63) is 7.05 Å². The largest absolute Gasteiger partial charge is 0.458 e. The maximum atomic E-state index is 3.85. The van der Waals surface area contributed by atoms with Crippen molar-refractivity contribution in [2.75, 3.05) is 13.1 Å². The maximum Gasteiger partial charge on any atom is -0.00907 e. The third-order valence-electron chi connectivity index (χ3n) is 2.53. The summed E-state index contributed by atoms with van der Waals surface area (Å²) in [5.74, 6) is 0. The van der Waals surface area contributed by atoms with Gasteiger partial charge in [-0.2, -0.15) is 0 Å². The van der Waals surface area contributed by atoms with Crippen LogP contribution in [0.2, 0.25) is 0 Å². The van der Waals surface area contributed by atoms with Crippen molar-refractivity contribution in [1.29, 1.82) is 0 Å². The summed E-state index contributed by atoms with van der Waals surface area (Å²) in [6, 6.07) is 0. The zero-order valence-corrected chi connectivity index (χ0v) is 5.19. The van der Waals surface area contributed by atoms with Crippen LogP contribution in [0.4, 0.5) is 0 Å². The van der Waals surface area contributed by atoms with Crippen LogP contribution in [-0.2, 0) is 0 Å². The van der Waals surface area contributed by atoms with Crippen molar-refractivity contribution in [2.45, 2.75) is 19.3 Å². The first-order valence-electron chi connectivity index (χ1n) is 3.36. The van der Waals surface area contributed by atoms with Gasteiger partial charge in [-0.3, -0.25) is 7.05 Å². The third kappa shape index (κ3) is 0.455. The molecule has 1 saturated carbocycles. The summed E-state index contributed by atoms with van der Waals surface area (Å²) in [6.45, 7) is 2.54. The van der Waals surface area contributed by atoms with Gasteiger partial charge in [0.1, 0.15) is 0 Å². The van der Waals surface area contributed by atoms with Crippen LogP contribution >= 0.6 is 0 Å². The Morgan fingerprint density at radius 2 is 1.88 bits per heavy atom. The Balaban J connectivity index is 1.92. The molecule has 46 valence electrons. The van der Waals surface area contributed by atoms with E-state index in [-0.39, 0.29) is 0 Å². The van der Waals surface area contributed by atoms with Crippen LogP contribution in [-0.4, -0.2) is 18.0 Å². The van der Waals surface area contributed by atoms with Crippen LogP contribution < -0.4 is 0 Å². The molecule has 2 rings (SSSR count). The summed E-state index contributed by atoms with van der Waals surface area (Å²) in [6.07, 6.45) is 4.41. The van der Waals surface area contributed by atoms with Gasteiger partial charge >= 0.3 is 0 Å². The summed E-state index contributed by atoms with van der Waals surface area (Å²) in [5.41, 5.74) is 0.780. The van der Waals surface area contributed by atoms with Crippen LogP contribution in [0, 0.1) is 12.5 Å². The highest BCUT2D eigenvalue weighted by atomic mass is 15.2. The third-order valence-corrected chi connectivity index (χ3v) is 2.53. The highest BCUT2D eigenvalue weighted by Crippen LogP contribution is 2.47. The van der Waals surface area contributed by atoms with Crippen molar-refractivity contribution in [3.8, 4) is 0 Å². The maximum absolute atomic E-state index is 3.85. The van der Waals surface area contributed by atoms with Crippen molar-refractivity contribution in [3.63, 3.8) is 0 Å². The summed E-state index contributed by atoms with van der Waals surface area (Å²) in [5, 5.41) is 0. The van der Waals surface area contributed by atoms with E-state index in [2.05, 4.69) is 11.9 Å². The molecule has 1 spiro atoms. The lowest BCUT2D eigenvalue weighted by atomic mass is 9.64. The fraction of sp³-hybridized carbons (Fsp3) is 0.857. The molecular weight excluding hydrogens is 98.1 g/mol. The highest BCUT2D eigenvalue weighted by Gasteiger charge is 2.42. The molecular formula is C7H12N-. The Hall–Kier alpha value is -0.0400. The first-order valence-corrected chi connectivity index (χ1v) is 3.36. The van der Waals surface area contributed by atoms with Crippen LogP contribution in [0.1, 0.15) is 19.3 Å². The molecule has 2 aliphatic rings. The second-order valence-corrected chi connectivity index (χ2v) is 3.34. The zero-order chi connectivity index (χ0) is 5.61. The topological polar surface area (TPSA) is 3.24 Å². The van der Waals surface area contributed by atoms with E-state index in [4.69, 9.17) is 0 Å². The minimum Gasteiger partial charge on any atom is -0.458 e. The van der Waals surface area contributed by atoms with Crippen molar-refractivity contribution >= 4 is 0 Å². The predicted octanol–water partition coefficient (Wildman–Crippen LogP) is 1.26. The number of hydrogen-bond donors (Lipinski definition) is 0. The van der Waals surface area contributed by atoms with Gasteiger partial charge in [0, 0.05) is 0 Å². The summed E-state index contributed by atoms with van der Waals surface area (Å²) in [4.78, 5) is 2.17. The van der Waals surface area contributed by atoms with Crippen LogP contribution in [0.5, 0.6) is 0 Å². The average molecular weight is 110 g/mol. The van der Waals surface area contributed by atoms with Gasteiger partial charge in [-0.05, 0) is 31.3 Å². The van der Waals surface area contributed by atoms with Crippen molar-refractivity contribution in [1.82, 2.24) is 4.90 Å². The van der Waals surface area contributed by atoms with E-state index in [1.165, 1.54) is 32.4 Å². The molecule has 0 aromatic rings. The summed E-state index contributed by atoms with van der Waals surface area (Å²) >= 11 is 0. The molecule has 0 atom stereocenters. The molecule has 1 aliphatic heterocycles. The van der Waals surface area contributed by atoms with Gasteiger partial charge in [-0.15, -0.1) is 0 Å². The van der Waals surface area contributed by atoms with E-state index >= 15 is 0 Å². The van der Waals surface area contributed by atoms with Gasteiger partial charge in [-0.1, -0.05) is 6.42 Å². The summed E-state index contributed by atoms with van der Waals surface area (Å²) in [7, 11) is 3.85. The van der Waals surface area contributed by atoms with Gasteiger partial charge in [0.15, 0.2) is 0 Å². The molecule has 0 radical (unpaired) electrons. The molecule has 8 heavy (non-hydrogen) atoms. The van der Waals surface area contributed by atoms with E-state index in [0.29, 0.717) is 0 Å². The smallest absolute Gasteiger partial charge is 0.00907 e. The second-order valence-electron chi connectivity index (χ2n) is 3.34. The molecule has 2 fully saturated rings. The molecule has 0 N–H and O–H groups in total. The first-order chi connectivity index (χ1) is 3.81. The molecule has 0 bridgehead atoms. The molecule has 1 nitrogen and oxygen atoms in total. The van der Waals surface area contributed by atoms with E-state index in [1.54, 1.807) is 0 Å². The number of hydrogen-bond acceptors (Lipinski definition) is 1. The van der Waals surface area contributed by atoms with Gasteiger partial charge < -0.3 is 4.90 Å². The highest BCUT2D eigenvalue weighted by molar-refractivity contribution is 4.99. The normalized spacial score (nSPS) is 34.1. The fourth-order valence-corrected chi connectivity index (χ4v) is 1.90. The molecule has 0 unspecified atom stereocenters. The Bertz CT molecular complexity index is 97.0. The molecule has 1 saturated heterocycles. The lowest BCUT2D eigenvalue weighted by Crippen LogP contribution is -2.56. The van der Waals surface area contributed by atoms with Gasteiger partial charge in [-0.25, -0.2) is 0 Å². The zero-order valence-electron chi connectivity index (χ0n) is 5.19. The SMILES string of the molecule is [CH2-]N1CC2(CCC2)C1. The van der Waals surface area contributed by atoms with Crippen molar-refractivity contribution in [2.24, 2.45) is 5.41 Å². The Labute approximate surface area is 50.7 Å². The number of likely N-dealkylation sites (tertiary alicyclic amines) is 1. The summed E-state index contributed by atoms with van der Waals surface area (Å²) < 4.78 is 0. The van der Waals surface area contributed by atoms with E-state index < -0.39 is 0 Å². The molecule has 1 heteroatoms. The fourth-order valence-electron chi connectivity index (χ4n) is 1.90. The van der Waals surface area contributed by atoms with E-state index in [1.807, 2.05) is 0 Å². The minimum absolute atomic E-state index is 0.780. The Morgan fingerprint density at radius 3 is 2.00 bits per heavy atom. The van der Waals surface area contributed by atoms with Gasteiger partial charge in [0.2, 0.25) is 0 Å². The molecule has 0 aromatic heterocycles. The lowest BCUT2D eigenvalue weighted by molar-refractivity contribution is -0.0325.